The fourth-order valence-corrected chi connectivity index (χ4v) is 5.04. The number of pyridine rings is 2. The molecular weight excluding hydrogens is 533 g/mol. The van der Waals surface area contributed by atoms with Gasteiger partial charge in [-0.25, -0.2) is 4.98 Å². The van der Waals surface area contributed by atoms with E-state index >= 15 is 0 Å². The van der Waals surface area contributed by atoms with Gasteiger partial charge in [-0.1, -0.05) is 6.07 Å². The third-order valence-corrected chi connectivity index (χ3v) is 7.53. The number of rotatable bonds is 5. The number of aromatic nitrogens is 2. The maximum Gasteiger partial charge on any atom is 0.416 e. The molecule has 0 bridgehead atoms. The van der Waals surface area contributed by atoms with Gasteiger partial charge in [0.25, 0.3) is 11.5 Å². The smallest absolute Gasteiger partial charge is 0.373 e. The minimum absolute atomic E-state index is 0.0936. The number of carbonyl (C=O) groups is 1. The third kappa shape index (κ3) is 5.76. The molecule has 0 spiro atoms. The molecule has 0 saturated carbocycles. The van der Waals surface area contributed by atoms with Crippen molar-refractivity contribution in [2.24, 2.45) is 7.05 Å². The monoisotopic (exact) mass is 564 g/mol. The van der Waals surface area contributed by atoms with Crippen molar-refractivity contribution in [2.45, 2.75) is 13.1 Å². The van der Waals surface area contributed by atoms with Gasteiger partial charge in [-0.3, -0.25) is 9.59 Å². The molecule has 0 unspecified atom stereocenters. The number of halogens is 3. The Bertz CT molecular complexity index is 1690. The number of hydrogen-bond donors (Lipinski definition) is 2. The Labute approximate surface area is 235 Å². The Balaban J connectivity index is 1.49. The van der Waals surface area contributed by atoms with E-state index in [1.54, 1.807) is 55.2 Å². The lowest BCUT2D eigenvalue weighted by Crippen LogP contribution is -2.44. The first-order valence-corrected chi connectivity index (χ1v) is 13.2. The highest BCUT2D eigenvalue weighted by Gasteiger charge is 2.32. The summed E-state index contributed by atoms with van der Waals surface area (Å²) in [5, 5.41) is 6.46. The van der Waals surface area contributed by atoms with Gasteiger partial charge in [0.2, 0.25) is 0 Å². The molecule has 3 heterocycles. The van der Waals surface area contributed by atoms with Gasteiger partial charge in [-0.15, -0.1) is 0 Å². The fraction of sp³-hybridized carbons (Fsp3) is 0.300. The minimum atomic E-state index is -4.60. The Kier molecular flexibility index (Phi) is 7.48. The highest BCUT2D eigenvalue weighted by molar-refractivity contribution is 6.05. The van der Waals surface area contributed by atoms with Crippen molar-refractivity contribution in [3.63, 3.8) is 0 Å². The second kappa shape index (κ2) is 10.9. The number of carbonyl (C=O) groups excluding carboxylic acids is 1. The van der Waals surface area contributed by atoms with Crippen LogP contribution in [0, 0.1) is 6.92 Å². The number of nitrogens with zero attached hydrogens (tertiary/aromatic N) is 4. The Morgan fingerprint density at radius 1 is 0.951 bits per heavy atom. The molecule has 0 atom stereocenters. The van der Waals surface area contributed by atoms with E-state index in [1.807, 2.05) is 18.9 Å². The number of aryl methyl sites for hydroxylation is 2. The molecule has 11 heteroatoms. The second-order valence-corrected chi connectivity index (χ2v) is 10.3. The predicted octanol–water partition coefficient (Wildman–Crippen LogP) is 4.97. The van der Waals surface area contributed by atoms with Crippen molar-refractivity contribution in [2.75, 3.05) is 55.8 Å². The number of anilines is 3. The lowest BCUT2D eigenvalue weighted by Gasteiger charge is -2.34. The van der Waals surface area contributed by atoms with Gasteiger partial charge in [-0.2, -0.15) is 13.2 Å². The van der Waals surface area contributed by atoms with Gasteiger partial charge in [0.1, 0.15) is 5.82 Å². The maximum absolute atomic E-state index is 13.8. The molecule has 1 aliphatic rings. The van der Waals surface area contributed by atoms with E-state index in [-0.39, 0.29) is 11.1 Å². The summed E-state index contributed by atoms with van der Waals surface area (Å²) in [6.45, 7) is 4.40. The van der Waals surface area contributed by atoms with Crippen molar-refractivity contribution >= 4 is 34.0 Å². The summed E-state index contributed by atoms with van der Waals surface area (Å²) in [4.78, 5) is 34.9. The van der Waals surface area contributed by atoms with Crippen molar-refractivity contribution in [1.29, 1.82) is 0 Å². The molecular formula is C30H31F3N6O2. The molecule has 8 nitrogen and oxygen atoms in total. The van der Waals surface area contributed by atoms with Crippen molar-refractivity contribution < 1.29 is 18.0 Å². The van der Waals surface area contributed by atoms with Gasteiger partial charge >= 0.3 is 6.18 Å². The van der Waals surface area contributed by atoms with Gasteiger partial charge in [0.05, 0.1) is 11.1 Å². The average Bonchev–Trinajstić information content (AvgIpc) is 2.95. The number of benzene rings is 2. The number of alkyl halides is 3. The highest BCUT2D eigenvalue weighted by Crippen LogP contribution is 2.34. The van der Waals surface area contributed by atoms with E-state index in [0.717, 1.165) is 23.1 Å². The van der Waals surface area contributed by atoms with Crippen LogP contribution >= 0.6 is 0 Å². The normalized spacial score (nSPS) is 14.4. The fourth-order valence-electron chi connectivity index (χ4n) is 5.04. The quantitative estimate of drug-likeness (QED) is 0.356. The van der Waals surface area contributed by atoms with Crippen LogP contribution in [0.25, 0.3) is 22.0 Å². The first-order valence-electron chi connectivity index (χ1n) is 13.2. The van der Waals surface area contributed by atoms with E-state index in [2.05, 4.69) is 20.5 Å². The standard InChI is InChI=1S/C30H31F3N6O2/c1-18-5-6-22(15-24(18)25-13-20-17-35-27(34-2)16-26(20)38(4)29(25)41)36-28(40)19-11-21(30(31,32)33)14-23(12-19)39-9-7-37(3)8-10-39/h5-6,11-17H,7-10H2,1-4H3,(H,34,35)(H,36,40). The van der Waals surface area contributed by atoms with Gasteiger partial charge < -0.3 is 25.0 Å². The summed E-state index contributed by atoms with van der Waals surface area (Å²) in [6, 6.07) is 12.1. The summed E-state index contributed by atoms with van der Waals surface area (Å²) in [7, 11) is 5.39. The zero-order valence-corrected chi connectivity index (χ0v) is 23.3. The van der Waals surface area contributed by atoms with E-state index in [4.69, 9.17) is 0 Å². The van der Waals surface area contributed by atoms with Crippen LogP contribution in [-0.4, -0.2) is 60.6 Å². The highest BCUT2D eigenvalue weighted by atomic mass is 19.4. The largest absolute Gasteiger partial charge is 0.416 e. The number of nitrogens with one attached hydrogen (secondary N) is 2. The molecule has 1 aliphatic heterocycles. The predicted molar refractivity (Wildman–Crippen MR) is 156 cm³/mol. The summed E-state index contributed by atoms with van der Waals surface area (Å²) in [5.41, 5.74) is 2.05. The summed E-state index contributed by atoms with van der Waals surface area (Å²) in [5.74, 6) is -0.0389. The van der Waals surface area contributed by atoms with E-state index in [0.29, 0.717) is 60.0 Å². The summed E-state index contributed by atoms with van der Waals surface area (Å²) >= 11 is 0. The number of piperazine rings is 1. The first kappa shape index (κ1) is 28.2. The molecule has 4 aromatic rings. The van der Waals surface area contributed by atoms with Gasteiger partial charge in [0, 0.05) is 80.4 Å². The van der Waals surface area contributed by atoms with Crippen LogP contribution in [0.5, 0.6) is 0 Å². The van der Waals surface area contributed by atoms with Crippen LogP contribution in [0.15, 0.2) is 59.5 Å². The maximum atomic E-state index is 13.8. The number of fused-ring (bicyclic) bond motifs is 1. The molecule has 1 fully saturated rings. The molecule has 1 amide bonds. The van der Waals surface area contributed by atoms with E-state index < -0.39 is 17.6 Å². The van der Waals surface area contributed by atoms with Crippen molar-refractivity contribution in [3.05, 3.63) is 81.8 Å². The van der Waals surface area contributed by atoms with Crippen LogP contribution in [-0.2, 0) is 13.2 Å². The lowest BCUT2D eigenvalue weighted by atomic mass is 9.99. The third-order valence-electron chi connectivity index (χ3n) is 7.53. The van der Waals surface area contributed by atoms with E-state index in [1.165, 1.54) is 6.07 Å². The number of likely N-dealkylation sites (N-methyl/N-ethyl adjacent to an activating group) is 1. The van der Waals surface area contributed by atoms with Crippen LogP contribution in [0.4, 0.5) is 30.4 Å². The summed E-state index contributed by atoms with van der Waals surface area (Å²) < 4.78 is 42.9. The molecule has 2 aromatic heterocycles. The molecule has 2 N–H and O–H groups in total. The molecule has 2 aromatic carbocycles. The molecule has 0 aliphatic carbocycles. The second-order valence-electron chi connectivity index (χ2n) is 10.3. The summed E-state index contributed by atoms with van der Waals surface area (Å²) in [6.07, 6.45) is -2.93. The topological polar surface area (TPSA) is 82.5 Å². The van der Waals surface area contributed by atoms with Gasteiger partial charge in [0.15, 0.2) is 0 Å². The number of amides is 1. The van der Waals surface area contributed by atoms with Crippen LogP contribution in [0.3, 0.4) is 0 Å². The molecule has 1 saturated heterocycles. The number of hydrogen-bond acceptors (Lipinski definition) is 6. The van der Waals surface area contributed by atoms with Gasteiger partial charge in [-0.05, 0) is 61.5 Å². The Morgan fingerprint density at radius 2 is 1.68 bits per heavy atom. The lowest BCUT2D eigenvalue weighted by molar-refractivity contribution is -0.137. The van der Waals surface area contributed by atoms with Crippen molar-refractivity contribution in [3.8, 4) is 11.1 Å². The SMILES string of the molecule is CNc1cc2c(cn1)cc(-c1cc(NC(=O)c3cc(N4CCN(C)CC4)cc(C(F)(F)F)c3)ccc1C)c(=O)n2C. The Hall–Kier alpha value is -4.38. The van der Waals surface area contributed by atoms with Crippen molar-refractivity contribution in [1.82, 2.24) is 14.5 Å². The average molecular weight is 565 g/mol. The van der Waals surface area contributed by atoms with E-state index in [9.17, 15) is 22.8 Å². The molecule has 5 rings (SSSR count). The molecule has 0 radical (unpaired) electrons. The molecule has 41 heavy (non-hydrogen) atoms. The van der Waals surface area contributed by atoms with Crippen LogP contribution < -0.4 is 21.1 Å². The van der Waals surface area contributed by atoms with Crippen LogP contribution in [0.1, 0.15) is 21.5 Å². The Morgan fingerprint density at radius 3 is 2.37 bits per heavy atom. The zero-order valence-electron chi connectivity index (χ0n) is 23.3. The zero-order chi connectivity index (χ0) is 29.5. The molecule has 214 valence electrons. The first-order chi connectivity index (χ1) is 19.4. The van der Waals surface area contributed by atoms with Crippen LogP contribution in [0.2, 0.25) is 0 Å². The minimum Gasteiger partial charge on any atom is -0.373 e.